The van der Waals surface area contributed by atoms with Gasteiger partial charge in [0.1, 0.15) is 11.6 Å². The Kier molecular flexibility index (Phi) is 22.7. The fourth-order valence-corrected chi connectivity index (χ4v) is 8.26. The molecular formula is C53H81N3O5. The van der Waals surface area contributed by atoms with Gasteiger partial charge < -0.3 is 24.4 Å². The highest BCUT2D eigenvalue weighted by Gasteiger charge is 2.43. The molecule has 0 saturated carbocycles. The van der Waals surface area contributed by atoms with Crippen LogP contribution in [0.2, 0.25) is 0 Å². The van der Waals surface area contributed by atoms with Crippen LogP contribution in [0.3, 0.4) is 0 Å². The SMILES string of the molecule is CCCCCCCCCCCCOC(CCCCCCCCCCCC)OC1=CC(O)(OC(O)CC)C(c2nc(-c3ccc(C)cc3C)nc(-c3ccc(C)cc3C)n2)C=C1. The lowest BCUT2D eigenvalue weighted by molar-refractivity contribution is -0.261. The first kappa shape index (κ1) is 50.2. The number of hydrogen-bond donors (Lipinski definition) is 2. The van der Waals surface area contributed by atoms with Crippen LogP contribution < -0.4 is 0 Å². The zero-order chi connectivity index (χ0) is 43.9. The molecular weight excluding hydrogens is 759 g/mol. The quantitative estimate of drug-likeness (QED) is 0.0487. The summed E-state index contributed by atoms with van der Waals surface area (Å²) in [6.45, 7) is 15.2. The molecule has 1 aliphatic rings. The van der Waals surface area contributed by atoms with Crippen molar-refractivity contribution in [2.24, 2.45) is 0 Å². The van der Waals surface area contributed by atoms with Gasteiger partial charge in [0.2, 0.25) is 5.79 Å². The summed E-state index contributed by atoms with van der Waals surface area (Å²) in [5.74, 6) is -1.11. The number of aryl methyl sites for hydroxylation is 4. The van der Waals surface area contributed by atoms with Crippen LogP contribution in [0, 0.1) is 27.7 Å². The molecule has 0 bridgehead atoms. The molecule has 2 aromatic carbocycles. The summed E-state index contributed by atoms with van der Waals surface area (Å²) in [6, 6.07) is 12.4. The van der Waals surface area contributed by atoms with E-state index in [0.717, 1.165) is 65.5 Å². The van der Waals surface area contributed by atoms with E-state index in [1.807, 2.05) is 31.2 Å². The summed E-state index contributed by atoms with van der Waals surface area (Å²) >= 11 is 0. The van der Waals surface area contributed by atoms with Crippen LogP contribution in [0.1, 0.15) is 196 Å². The molecule has 8 nitrogen and oxygen atoms in total. The number of hydrogen-bond acceptors (Lipinski definition) is 8. The highest BCUT2D eigenvalue weighted by atomic mass is 16.7. The lowest BCUT2D eigenvalue weighted by atomic mass is 9.91. The Balaban J connectivity index is 1.53. The molecule has 1 aromatic heterocycles. The van der Waals surface area contributed by atoms with Gasteiger partial charge in [-0.05, 0) is 64.2 Å². The summed E-state index contributed by atoms with van der Waals surface area (Å²) in [5.41, 5.74) is 6.14. The van der Waals surface area contributed by atoms with Crippen molar-refractivity contribution in [1.29, 1.82) is 0 Å². The van der Waals surface area contributed by atoms with E-state index in [0.29, 0.717) is 29.8 Å². The van der Waals surface area contributed by atoms with Gasteiger partial charge in [-0.3, -0.25) is 0 Å². The average molecular weight is 840 g/mol. The number of aliphatic hydroxyl groups excluding tert-OH is 1. The Labute approximate surface area is 370 Å². The fraction of sp³-hybridized carbons (Fsp3) is 0.642. The number of allylic oxidation sites excluding steroid dienone is 1. The van der Waals surface area contributed by atoms with Crippen molar-refractivity contribution in [3.8, 4) is 22.8 Å². The zero-order valence-electron chi connectivity index (χ0n) is 39.2. The predicted molar refractivity (Wildman–Crippen MR) is 251 cm³/mol. The third-order valence-corrected chi connectivity index (χ3v) is 12.0. The smallest absolute Gasteiger partial charge is 0.205 e. The molecule has 2 N–H and O–H groups in total. The van der Waals surface area contributed by atoms with Crippen LogP contribution in [-0.2, 0) is 14.2 Å². The first-order valence-electron chi connectivity index (χ1n) is 24.3. The molecule has 0 aliphatic heterocycles. The van der Waals surface area contributed by atoms with E-state index in [9.17, 15) is 10.2 Å². The average Bonchev–Trinajstić information content (AvgIpc) is 3.23. The monoisotopic (exact) mass is 840 g/mol. The second-order valence-electron chi connectivity index (χ2n) is 17.7. The predicted octanol–water partition coefficient (Wildman–Crippen LogP) is 14.0. The minimum Gasteiger partial charge on any atom is -0.465 e. The van der Waals surface area contributed by atoms with Gasteiger partial charge in [-0.25, -0.2) is 15.0 Å². The van der Waals surface area contributed by atoms with Crippen molar-refractivity contribution < 1.29 is 24.4 Å². The van der Waals surface area contributed by atoms with E-state index < -0.39 is 24.3 Å². The van der Waals surface area contributed by atoms with Gasteiger partial charge >= 0.3 is 0 Å². The van der Waals surface area contributed by atoms with Crippen LogP contribution in [0.5, 0.6) is 0 Å². The summed E-state index contributed by atoms with van der Waals surface area (Å²) in [4.78, 5) is 15.0. The first-order chi connectivity index (χ1) is 29.6. The number of aliphatic hydroxyl groups is 2. The highest BCUT2D eigenvalue weighted by molar-refractivity contribution is 5.66. The van der Waals surface area contributed by atoms with Gasteiger partial charge in [0.25, 0.3) is 0 Å². The number of aromatic nitrogens is 3. The minimum absolute atomic E-state index is 0.283. The lowest BCUT2D eigenvalue weighted by Gasteiger charge is -2.35. The molecule has 338 valence electrons. The summed E-state index contributed by atoms with van der Waals surface area (Å²) < 4.78 is 19.1. The number of rotatable bonds is 31. The van der Waals surface area contributed by atoms with E-state index >= 15 is 0 Å². The van der Waals surface area contributed by atoms with Gasteiger partial charge in [0.05, 0.1) is 12.5 Å². The topological polar surface area (TPSA) is 107 Å². The molecule has 1 heterocycles. The van der Waals surface area contributed by atoms with Crippen molar-refractivity contribution in [2.75, 3.05) is 6.61 Å². The van der Waals surface area contributed by atoms with Crippen molar-refractivity contribution in [3.63, 3.8) is 0 Å². The molecule has 4 unspecified atom stereocenters. The maximum absolute atomic E-state index is 12.5. The molecule has 61 heavy (non-hydrogen) atoms. The van der Waals surface area contributed by atoms with Crippen molar-refractivity contribution in [2.45, 2.75) is 214 Å². The second-order valence-corrected chi connectivity index (χ2v) is 17.7. The van der Waals surface area contributed by atoms with Crippen molar-refractivity contribution in [1.82, 2.24) is 15.0 Å². The maximum Gasteiger partial charge on any atom is 0.205 e. The van der Waals surface area contributed by atoms with Crippen molar-refractivity contribution in [3.05, 3.63) is 88.5 Å². The molecule has 3 aromatic rings. The molecule has 8 heteroatoms. The Bertz CT molecular complexity index is 1700. The van der Waals surface area contributed by atoms with Crippen LogP contribution in [0.15, 0.2) is 60.4 Å². The van der Waals surface area contributed by atoms with E-state index in [1.54, 1.807) is 6.08 Å². The van der Waals surface area contributed by atoms with Gasteiger partial charge in [0, 0.05) is 23.6 Å². The van der Waals surface area contributed by atoms with Crippen LogP contribution >= 0.6 is 0 Å². The van der Waals surface area contributed by atoms with Gasteiger partial charge in [-0.1, -0.05) is 190 Å². The number of nitrogens with zero attached hydrogens (tertiary/aromatic N) is 3. The number of ether oxygens (including phenoxy) is 3. The standard InChI is InChI=1S/C53H81N3O5/c1-8-11-13-15-17-19-21-23-25-27-29-49(59-36-28-26-24-22-20-18-16-14-12-9-2)60-44-32-35-47(53(58,39-44)61-48(57)10-3)52-55-50(45-33-30-40(4)37-42(45)6)54-51(56-52)46-34-31-41(5)38-43(46)7/h30-35,37-39,47-49,57-58H,8-29,36H2,1-7H3. The Hall–Kier alpha value is -3.43. The molecule has 4 atom stereocenters. The van der Waals surface area contributed by atoms with Gasteiger partial charge in [0.15, 0.2) is 24.2 Å². The molecule has 0 spiro atoms. The third kappa shape index (κ3) is 17.3. The zero-order valence-corrected chi connectivity index (χ0v) is 39.2. The van der Waals surface area contributed by atoms with Crippen LogP contribution in [0.25, 0.3) is 22.8 Å². The normalized spacial score (nSPS) is 17.4. The Morgan fingerprint density at radius 2 is 1.10 bits per heavy atom. The fourth-order valence-electron chi connectivity index (χ4n) is 8.26. The van der Waals surface area contributed by atoms with Crippen LogP contribution in [-0.4, -0.2) is 50.1 Å². The lowest BCUT2D eigenvalue weighted by Crippen LogP contribution is -2.42. The summed E-state index contributed by atoms with van der Waals surface area (Å²) in [6.07, 6.45) is 29.8. The first-order valence-corrected chi connectivity index (χ1v) is 24.3. The van der Waals surface area contributed by atoms with E-state index in [4.69, 9.17) is 29.2 Å². The molecule has 0 radical (unpaired) electrons. The Morgan fingerprint density at radius 1 is 0.623 bits per heavy atom. The molecule has 0 amide bonds. The third-order valence-electron chi connectivity index (χ3n) is 12.0. The van der Waals surface area contributed by atoms with E-state index in [2.05, 4.69) is 65.8 Å². The second kappa shape index (κ2) is 27.6. The molecule has 1 aliphatic carbocycles. The molecule has 0 fully saturated rings. The minimum atomic E-state index is -2.02. The summed E-state index contributed by atoms with van der Waals surface area (Å²) in [7, 11) is 0. The number of unbranched alkanes of at least 4 members (excludes halogenated alkanes) is 18. The van der Waals surface area contributed by atoms with Gasteiger partial charge in [-0.2, -0.15) is 0 Å². The molecule has 0 saturated heterocycles. The molecule has 4 rings (SSSR count). The van der Waals surface area contributed by atoms with Crippen LogP contribution in [0.4, 0.5) is 0 Å². The number of benzene rings is 2. The largest absolute Gasteiger partial charge is 0.465 e. The van der Waals surface area contributed by atoms with Crippen molar-refractivity contribution >= 4 is 0 Å². The van der Waals surface area contributed by atoms with E-state index in [1.165, 1.54) is 103 Å². The maximum atomic E-state index is 12.5. The van der Waals surface area contributed by atoms with E-state index in [-0.39, 0.29) is 6.42 Å². The summed E-state index contributed by atoms with van der Waals surface area (Å²) in [5, 5.41) is 23.4. The Morgan fingerprint density at radius 3 is 1.57 bits per heavy atom. The highest BCUT2D eigenvalue weighted by Crippen LogP contribution is 2.39. The van der Waals surface area contributed by atoms with Gasteiger partial charge in [-0.15, -0.1) is 0 Å².